The van der Waals surface area contributed by atoms with E-state index in [1.807, 2.05) is 59.2 Å². The summed E-state index contributed by atoms with van der Waals surface area (Å²) in [5.74, 6) is 0.152. The van der Waals surface area contributed by atoms with Crippen molar-refractivity contribution in [3.8, 4) is 5.75 Å². The molecule has 4 rings (SSSR count). The number of carbonyl (C=O) groups is 3. The zero-order chi connectivity index (χ0) is 23.4. The molecule has 33 heavy (non-hydrogen) atoms. The molecule has 0 radical (unpaired) electrons. The highest BCUT2D eigenvalue weighted by atomic mass is 16.5. The van der Waals surface area contributed by atoms with Crippen molar-refractivity contribution < 1.29 is 19.1 Å². The fourth-order valence-electron chi connectivity index (χ4n) is 4.78. The molecule has 2 aromatic rings. The third-order valence-corrected chi connectivity index (χ3v) is 6.75. The van der Waals surface area contributed by atoms with Gasteiger partial charge in [0.25, 0.3) is 5.91 Å². The molecule has 0 saturated carbocycles. The van der Waals surface area contributed by atoms with Gasteiger partial charge in [-0.1, -0.05) is 42.5 Å². The third kappa shape index (κ3) is 5.02. The molecular formula is C26H31N3O4. The first-order valence-electron chi connectivity index (χ1n) is 11.5. The Morgan fingerprint density at radius 1 is 1.03 bits per heavy atom. The van der Waals surface area contributed by atoms with Gasteiger partial charge in [-0.25, -0.2) is 0 Å². The van der Waals surface area contributed by atoms with Crippen LogP contribution in [0.2, 0.25) is 0 Å². The lowest BCUT2D eigenvalue weighted by molar-refractivity contribution is -0.136. The van der Waals surface area contributed by atoms with E-state index >= 15 is 0 Å². The topological polar surface area (TPSA) is 79.0 Å². The minimum atomic E-state index is -0.302. The van der Waals surface area contributed by atoms with E-state index in [0.29, 0.717) is 43.8 Å². The summed E-state index contributed by atoms with van der Waals surface area (Å²) in [6, 6.07) is 17.0. The predicted octanol–water partition coefficient (Wildman–Crippen LogP) is 3.03. The zero-order valence-corrected chi connectivity index (χ0v) is 19.2. The summed E-state index contributed by atoms with van der Waals surface area (Å²) in [6.45, 7) is 3.62. The maximum atomic E-state index is 13.1. The van der Waals surface area contributed by atoms with Crippen molar-refractivity contribution in [3.63, 3.8) is 0 Å². The smallest absolute Gasteiger partial charge is 0.255 e. The molecule has 0 aromatic heterocycles. The molecule has 2 aliphatic heterocycles. The van der Waals surface area contributed by atoms with Crippen LogP contribution in [0.4, 0.5) is 0 Å². The Balaban J connectivity index is 1.30. The number of rotatable bonds is 6. The van der Waals surface area contributed by atoms with E-state index in [4.69, 9.17) is 4.74 Å². The largest absolute Gasteiger partial charge is 0.496 e. The molecule has 7 heteroatoms. The summed E-state index contributed by atoms with van der Waals surface area (Å²) < 4.78 is 5.28. The summed E-state index contributed by atoms with van der Waals surface area (Å²) in [7, 11) is 1.55. The number of carbonyl (C=O) groups excluding carboxylic acids is 3. The summed E-state index contributed by atoms with van der Waals surface area (Å²) in [5, 5.41) is 3.07. The number of likely N-dealkylation sites (tertiary alicyclic amines) is 2. The highest BCUT2D eigenvalue weighted by molar-refractivity contribution is 5.97. The molecule has 7 nitrogen and oxygen atoms in total. The first-order chi connectivity index (χ1) is 16.0. The average molecular weight is 450 g/mol. The lowest BCUT2D eigenvalue weighted by Crippen LogP contribution is -2.48. The lowest BCUT2D eigenvalue weighted by atomic mass is 10.0. The van der Waals surface area contributed by atoms with Gasteiger partial charge in [0.1, 0.15) is 5.75 Å². The van der Waals surface area contributed by atoms with Crippen molar-refractivity contribution in [2.24, 2.45) is 5.92 Å². The van der Waals surface area contributed by atoms with E-state index in [0.717, 1.165) is 5.56 Å². The van der Waals surface area contributed by atoms with Crippen LogP contribution in [0.15, 0.2) is 54.6 Å². The monoisotopic (exact) mass is 449 g/mol. The van der Waals surface area contributed by atoms with E-state index in [1.54, 1.807) is 19.2 Å². The number of para-hydroxylation sites is 1. The van der Waals surface area contributed by atoms with E-state index < -0.39 is 0 Å². The first-order valence-corrected chi connectivity index (χ1v) is 11.5. The Labute approximate surface area is 194 Å². The van der Waals surface area contributed by atoms with E-state index in [1.165, 1.54) is 0 Å². The Morgan fingerprint density at radius 2 is 1.70 bits per heavy atom. The second-order valence-corrected chi connectivity index (χ2v) is 8.81. The van der Waals surface area contributed by atoms with Crippen LogP contribution in [-0.4, -0.2) is 60.3 Å². The fourth-order valence-corrected chi connectivity index (χ4v) is 4.78. The van der Waals surface area contributed by atoms with Gasteiger partial charge in [0.15, 0.2) is 0 Å². The standard InChI is InChI=1S/C26H31N3O4/c1-18(19-8-4-3-5-9-19)29-17-20(16-24(29)30)26(32)28-14-12-21(13-15-28)27-25(31)22-10-6-7-11-23(22)33-2/h3-11,18,20-21H,12-17H2,1-2H3,(H,27,31). The number of nitrogens with one attached hydrogen (secondary N) is 1. The second kappa shape index (κ2) is 10.1. The van der Waals surface area contributed by atoms with Gasteiger partial charge in [0.05, 0.1) is 24.6 Å². The summed E-state index contributed by atoms with van der Waals surface area (Å²) >= 11 is 0. The number of ether oxygens (including phenoxy) is 1. The van der Waals surface area contributed by atoms with E-state index in [9.17, 15) is 14.4 Å². The van der Waals surface area contributed by atoms with Gasteiger partial charge >= 0.3 is 0 Å². The first kappa shape index (κ1) is 22.8. The summed E-state index contributed by atoms with van der Waals surface area (Å²) in [5.41, 5.74) is 1.58. The number of hydrogen-bond acceptors (Lipinski definition) is 4. The van der Waals surface area contributed by atoms with Crippen molar-refractivity contribution in [3.05, 3.63) is 65.7 Å². The molecule has 0 aliphatic carbocycles. The number of hydrogen-bond donors (Lipinski definition) is 1. The molecule has 3 amide bonds. The van der Waals surface area contributed by atoms with E-state index in [-0.39, 0.29) is 42.1 Å². The average Bonchev–Trinajstić information content (AvgIpc) is 3.25. The maximum Gasteiger partial charge on any atom is 0.255 e. The molecule has 0 bridgehead atoms. The number of nitrogens with zero attached hydrogens (tertiary/aromatic N) is 2. The minimum absolute atomic E-state index is 0.00581. The number of benzene rings is 2. The van der Waals surface area contributed by atoms with Gasteiger partial charge in [0, 0.05) is 32.1 Å². The minimum Gasteiger partial charge on any atom is -0.496 e. The second-order valence-electron chi connectivity index (χ2n) is 8.81. The van der Waals surface area contributed by atoms with Gasteiger partial charge in [-0.3, -0.25) is 14.4 Å². The Bertz CT molecular complexity index is 1000. The number of methoxy groups -OCH3 is 1. The van der Waals surface area contributed by atoms with Crippen LogP contribution in [0.25, 0.3) is 0 Å². The molecule has 2 aliphatic rings. The zero-order valence-electron chi connectivity index (χ0n) is 19.2. The van der Waals surface area contributed by atoms with Crippen LogP contribution in [0, 0.1) is 5.92 Å². The van der Waals surface area contributed by atoms with E-state index in [2.05, 4.69) is 5.32 Å². The Hall–Kier alpha value is -3.35. The van der Waals surface area contributed by atoms with Crippen molar-refractivity contribution in [2.75, 3.05) is 26.7 Å². The summed E-state index contributed by atoms with van der Waals surface area (Å²) in [6.07, 6.45) is 1.65. The molecule has 1 N–H and O–H groups in total. The van der Waals surface area contributed by atoms with Crippen LogP contribution in [0.1, 0.15) is 48.1 Å². The van der Waals surface area contributed by atoms with Crippen molar-refractivity contribution in [1.82, 2.24) is 15.1 Å². The molecule has 2 heterocycles. The van der Waals surface area contributed by atoms with Crippen LogP contribution in [-0.2, 0) is 9.59 Å². The number of amides is 3. The van der Waals surface area contributed by atoms with Crippen molar-refractivity contribution >= 4 is 17.7 Å². The molecule has 2 atom stereocenters. The van der Waals surface area contributed by atoms with Crippen LogP contribution < -0.4 is 10.1 Å². The Morgan fingerprint density at radius 3 is 2.39 bits per heavy atom. The third-order valence-electron chi connectivity index (χ3n) is 6.75. The van der Waals surface area contributed by atoms with Crippen molar-refractivity contribution in [2.45, 2.75) is 38.3 Å². The molecule has 2 saturated heterocycles. The normalized spacial score (nSPS) is 19.9. The van der Waals surface area contributed by atoms with Gasteiger partial charge in [0.2, 0.25) is 11.8 Å². The Kier molecular flexibility index (Phi) is 6.96. The van der Waals surface area contributed by atoms with Gasteiger partial charge in [-0.05, 0) is 37.5 Å². The molecule has 0 spiro atoms. The quantitative estimate of drug-likeness (QED) is 0.735. The fraction of sp³-hybridized carbons (Fsp3) is 0.423. The van der Waals surface area contributed by atoms with Crippen molar-refractivity contribution in [1.29, 1.82) is 0 Å². The van der Waals surface area contributed by atoms with Crippen LogP contribution in [0.3, 0.4) is 0 Å². The molecule has 174 valence electrons. The number of piperidine rings is 1. The van der Waals surface area contributed by atoms with Gasteiger partial charge < -0.3 is 19.9 Å². The van der Waals surface area contributed by atoms with Crippen LogP contribution >= 0.6 is 0 Å². The molecular weight excluding hydrogens is 418 g/mol. The van der Waals surface area contributed by atoms with Crippen LogP contribution in [0.5, 0.6) is 5.75 Å². The molecule has 2 unspecified atom stereocenters. The predicted molar refractivity (Wildman–Crippen MR) is 125 cm³/mol. The highest BCUT2D eigenvalue weighted by Gasteiger charge is 2.39. The molecule has 2 fully saturated rings. The maximum absolute atomic E-state index is 13.1. The lowest BCUT2D eigenvalue weighted by Gasteiger charge is -2.34. The SMILES string of the molecule is COc1ccccc1C(=O)NC1CCN(C(=O)C2CC(=O)N(C(C)c3ccccc3)C2)CC1. The highest BCUT2D eigenvalue weighted by Crippen LogP contribution is 2.30. The van der Waals surface area contributed by atoms with Gasteiger partial charge in [-0.15, -0.1) is 0 Å². The van der Waals surface area contributed by atoms with Gasteiger partial charge in [-0.2, -0.15) is 0 Å². The summed E-state index contributed by atoms with van der Waals surface area (Å²) in [4.78, 5) is 42.1. The molecule has 2 aromatic carbocycles.